The van der Waals surface area contributed by atoms with Crippen LogP contribution in [-0.2, 0) is 0 Å². The van der Waals surface area contributed by atoms with Crippen molar-refractivity contribution < 1.29 is 0 Å². The molecule has 0 aliphatic heterocycles. The van der Waals surface area contributed by atoms with Crippen LogP contribution in [0.1, 0.15) is 101 Å². The van der Waals surface area contributed by atoms with Gasteiger partial charge in [0.15, 0.2) is 0 Å². The summed E-state index contributed by atoms with van der Waals surface area (Å²) in [5, 5.41) is 0. The van der Waals surface area contributed by atoms with Crippen molar-refractivity contribution in [3.63, 3.8) is 0 Å². The fourth-order valence-electron chi connectivity index (χ4n) is 6.45. The zero-order chi connectivity index (χ0) is 23.2. The van der Waals surface area contributed by atoms with Crippen molar-refractivity contribution in [2.24, 2.45) is 0 Å². The number of hydrogen-bond acceptors (Lipinski definition) is 2. The van der Waals surface area contributed by atoms with Crippen LogP contribution < -0.4 is 7.39 Å². The predicted octanol–water partition coefficient (Wildman–Crippen LogP) is 9.90. The summed E-state index contributed by atoms with van der Waals surface area (Å²) in [4.78, 5) is 0. The number of hydrogen-bond donors (Lipinski definition) is 0. The van der Waals surface area contributed by atoms with Crippen molar-refractivity contribution in [1.29, 1.82) is 0 Å². The van der Waals surface area contributed by atoms with Gasteiger partial charge in [0.1, 0.15) is 0 Å². The van der Waals surface area contributed by atoms with Crippen molar-refractivity contribution in [3.05, 3.63) is 12.1 Å². The summed E-state index contributed by atoms with van der Waals surface area (Å²) in [7, 11) is -1.53. The SMILES string of the molecule is CCC[CH2][Sn]([CH2]CCC)([CH2]CCC)[c]1cc2sc([Si](C(C)C)(C(C)C)C(C)C)cc2s1. The zero-order valence-corrected chi connectivity index (χ0v) is 27.6. The Labute approximate surface area is 207 Å². The molecule has 2 heterocycles. The first kappa shape index (κ1) is 27.9. The Bertz CT molecular complexity index is 711. The molecule has 2 aromatic heterocycles. The van der Waals surface area contributed by atoms with Crippen LogP contribution in [0, 0.1) is 0 Å². The van der Waals surface area contributed by atoms with E-state index in [-0.39, 0.29) is 0 Å². The van der Waals surface area contributed by atoms with Gasteiger partial charge in [-0.05, 0) is 0 Å². The second-order valence-electron chi connectivity index (χ2n) is 10.9. The van der Waals surface area contributed by atoms with E-state index in [4.69, 9.17) is 0 Å². The Morgan fingerprint density at radius 2 is 1.10 bits per heavy atom. The summed E-state index contributed by atoms with van der Waals surface area (Å²) in [5.74, 6) is 0. The molecule has 0 spiro atoms. The van der Waals surface area contributed by atoms with Gasteiger partial charge in [-0.3, -0.25) is 0 Å². The fourth-order valence-corrected chi connectivity index (χ4v) is 37.4. The van der Waals surface area contributed by atoms with Gasteiger partial charge in [-0.25, -0.2) is 0 Å². The average Bonchev–Trinajstić information content (AvgIpc) is 3.27. The van der Waals surface area contributed by atoms with Crippen LogP contribution in [0.25, 0.3) is 9.40 Å². The third-order valence-electron chi connectivity index (χ3n) is 8.05. The Morgan fingerprint density at radius 1 is 0.677 bits per heavy atom. The first-order valence-electron chi connectivity index (χ1n) is 13.2. The Hall–Kier alpha value is 0.676. The maximum absolute atomic E-state index is 2.74. The number of thiophene rings is 2. The van der Waals surface area contributed by atoms with E-state index in [1.54, 1.807) is 27.2 Å². The number of rotatable bonds is 14. The molecule has 0 radical (unpaired) electrons. The van der Waals surface area contributed by atoms with Crippen LogP contribution >= 0.6 is 22.7 Å². The third kappa shape index (κ3) is 5.85. The van der Waals surface area contributed by atoms with Gasteiger partial charge in [0, 0.05) is 0 Å². The van der Waals surface area contributed by atoms with Crippen molar-refractivity contribution in [1.82, 2.24) is 0 Å². The second-order valence-corrected chi connectivity index (χ2v) is 33.5. The van der Waals surface area contributed by atoms with E-state index in [1.165, 1.54) is 38.5 Å². The molecule has 2 rings (SSSR count). The molecule has 4 heteroatoms. The van der Waals surface area contributed by atoms with Gasteiger partial charge in [-0.2, -0.15) is 0 Å². The molecule has 0 aliphatic rings. The van der Waals surface area contributed by atoms with Crippen LogP contribution in [-0.4, -0.2) is 26.5 Å². The van der Waals surface area contributed by atoms with Crippen molar-refractivity contribution in [2.45, 2.75) is 131 Å². The molecule has 0 nitrogen and oxygen atoms in total. The summed E-state index contributed by atoms with van der Waals surface area (Å²) < 4.78 is 11.8. The van der Waals surface area contributed by atoms with Crippen LogP contribution in [0.15, 0.2) is 12.1 Å². The Balaban J connectivity index is 2.54. The summed E-state index contributed by atoms with van der Waals surface area (Å²) in [6, 6.07) is 5.43. The standard InChI is InChI=1S/C15H23S2Si.3C4H9.Sn/c1-10(2)18(11(3)4,12(5)6)15-9-14-13(17-15)7-8-16-14;3*1-3-4-2;/h7,9-12H,1-6H3;3*1,3-4H2,2H3;. The van der Waals surface area contributed by atoms with E-state index < -0.39 is 26.5 Å². The Morgan fingerprint density at radius 3 is 1.45 bits per heavy atom. The molecule has 0 aromatic carbocycles. The van der Waals surface area contributed by atoms with Crippen molar-refractivity contribution in [3.8, 4) is 0 Å². The van der Waals surface area contributed by atoms with Gasteiger partial charge in [-0.1, -0.05) is 0 Å². The first-order chi connectivity index (χ1) is 14.7. The molecule has 0 N–H and O–H groups in total. The van der Waals surface area contributed by atoms with E-state index >= 15 is 0 Å². The molecular formula is C27H50S2SiSn. The van der Waals surface area contributed by atoms with E-state index in [9.17, 15) is 0 Å². The van der Waals surface area contributed by atoms with Gasteiger partial charge >= 0.3 is 209 Å². The summed E-state index contributed by atoms with van der Waals surface area (Å²) in [6.07, 6.45) is 8.49. The summed E-state index contributed by atoms with van der Waals surface area (Å²) >= 11 is 2.16. The number of unbranched alkanes of at least 4 members (excludes halogenated alkanes) is 3. The molecule has 0 aliphatic carbocycles. The van der Waals surface area contributed by atoms with E-state index in [2.05, 4.69) is 97.1 Å². The second kappa shape index (κ2) is 12.4. The van der Waals surface area contributed by atoms with Crippen molar-refractivity contribution >= 4 is 65.9 Å². The van der Waals surface area contributed by atoms with Crippen LogP contribution in [0.5, 0.6) is 0 Å². The molecule has 0 amide bonds. The van der Waals surface area contributed by atoms with E-state index in [1.807, 2.05) is 2.89 Å². The molecule has 31 heavy (non-hydrogen) atoms. The van der Waals surface area contributed by atoms with Crippen LogP contribution in [0.4, 0.5) is 0 Å². The maximum atomic E-state index is 2.74. The van der Waals surface area contributed by atoms with Crippen LogP contribution in [0.2, 0.25) is 29.9 Å². The number of fused-ring (bicyclic) bond motifs is 1. The molecule has 0 unspecified atom stereocenters. The monoisotopic (exact) mass is 586 g/mol. The average molecular weight is 586 g/mol. The normalized spacial score (nSPS) is 13.4. The molecule has 2 aromatic rings. The molecule has 0 saturated heterocycles. The van der Waals surface area contributed by atoms with Gasteiger partial charge in [0.25, 0.3) is 0 Å². The zero-order valence-electron chi connectivity index (χ0n) is 22.1. The topological polar surface area (TPSA) is 0 Å². The van der Waals surface area contributed by atoms with Gasteiger partial charge in [0.2, 0.25) is 0 Å². The van der Waals surface area contributed by atoms with Crippen LogP contribution in [0.3, 0.4) is 0 Å². The minimum absolute atomic E-state index is 0.802. The van der Waals surface area contributed by atoms with E-state index in [0.717, 1.165) is 16.6 Å². The molecule has 178 valence electrons. The minimum atomic E-state index is -2.29. The van der Waals surface area contributed by atoms with E-state index in [0.29, 0.717) is 0 Å². The molecule has 0 fully saturated rings. The molecule has 0 saturated carbocycles. The first-order valence-corrected chi connectivity index (χ1v) is 24.6. The van der Waals surface area contributed by atoms with Gasteiger partial charge in [-0.15, -0.1) is 0 Å². The quantitative estimate of drug-likeness (QED) is 0.194. The van der Waals surface area contributed by atoms with Gasteiger partial charge < -0.3 is 0 Å². The molecule has 0 atom stereocenters. The molecular weight excluding hydrogens is 535 g/mol. The predicted molar refractivity (Wildman–Crippen MR) is 155 cm³/mol. The molecule has 0 bridgehead atoms. The summed E-state index contributed by atoms with van der Waals surface area (Å²) in [5.41, 5.74) is 2.41. The summed E-state index contributed by atoms with van der Waals surface area (Å²) in [6.45, 7) is 22.2. The van der Waals surface area contributed by atoms with Crippen molar-refractivity contribution in [2.75, 3.05) is 0 Å². The fraction of sp³-hybridized carbons (Fsp3) is 0.778. The Kier molecular flexibility index (Phi) is 11.2. The van der Waals surface area contributed by atoms with Gasteiger partial charge in [0.05, 0.1) is 0 Å². The third-order valence-corrected chi connectivity index (χ3v) is 36.5.